The molecule has 0 bridgehead atoms. The van der Waals surface area contributed by atoms with Crippen molar-refractivity contribution in [2.75, 3.05) is 5.73 Å². The van der Waals surface area contributed by atoms with Crippen molar-refractivity contribution in [2.45, 2.75) is 0 Å². The molecule has 2 N–H and O–H groups in total. The number of nitrogens with zero attached hydrogens (tertiary/aromatic N) is 3. The fourth-order valence-electron chi connectivity index (χ4n) is 1.56. The van der Waals surface area contributed by atoms with Crippen LogP contribution in [-0.2, 0) is 0 Å². The summed E-state index contributed by atoms with van der Waals surface area (Å²) in [6.45, 7) is 0. The predicted molar refractivity (Wildman–Crippen MR) is 67.1 cm³/mol. The molecule has 0 amide bonds. The molecular weight excluding hydrogens is 284 g/mol. The molecule has 0 saturated carbocycles. The monoisotopic (exact) mass is 290 g/mol. The van der Waals surface area contributed by atoms with E-state index < -0.39 is 0 Å². The van der Waals surface area contributed by atoms with Crippen molar-refractivity contribution in [3.8, 4) is 11.5 Å². The fourth-order valence-corrected chi connectivity index (χ4v) is 2.03. The van der Waals surface area contributed by atoms with E-state index in [9.17, 15) is 0 Å². The van der Waals surface area contributed by atoms with Crippen molar-refractivity contribution in [3.05, 3.63) is 35.1 Å². The molecule has 5 nitrogen and oxygen atoms in total. The third kappa shape index (κ3) is 1.76. The third-order valence-electron chi connectivity index (χ3n) is 2.31. The van der Waals surface area contributed by atoms with E-state index in [0.717, 1.165) is 10.0 Å². The lowest BCUT2D eigenvalue weighted by molar-refractivity contribution is 0.620. The lowest BCUT2D eigenvalue weighted by Gasteiger charge is -1.94. The van der Waals surface area contributed by atoms with Gasteiger partial charge in [0, 0.05) is 4.47 Å². The molecular formula is C11H7BrN4O. The van der Waals surface area contributed by atoms with Crippen LogP contribution in [0.5, 0.6) is 0 Å². The average molecular weight is 291 g/mol. The van der Waals surface area contributed by atoms with Gasteiger partial charge in [-0.2, -0.15) is 10.2 Å². The van der Waals surface area contributed by atoms with Crippen LogP contribution in [0.4, 0.5) is 5.69 Å². The van der Waals surface area contributed by atoms with Crippen molar-refractivity contribution >= 4 is 32.7 Å². The van der Waals surface area contributed by atoms with Gasteiger partial charge >= 0.3 is 0 Å². The van der Waals surface area contributed by atoms with Crippen molar-refractivity contribution in [1.29, 1.82) is 0 Å². The van der Waals surface area contributed by atoms with Gasteiger partial charge in [0.2, 0.25) is 5.89 Å². The van der Waals surface area contributed by atoms with Crippen LogP contribution in [0.15, 0.2) is 39.5 Å². The van der Waals surface area contributed by atoms with Crippen LogP contribution < -0.4 is 5.73 Å². The summed E-state index contributed by atoms with van der Waals surface area (Å²) >= 11 is 3.36. The number of anilines is 1. The van der Waals surface area contributed by atoms with Crippen LogP contribution in [0.3, 0.4) is 0 Å². The first kappa shape index (κ1) is 10.2. The van der Waals surface area contributed by atoms with E-state index in [1.807, 2.05) is 6.07 Å². The minimum Gasteiger partial charge on any atom is -0.434 e. The van der Waals surface area contributed by atoms with Gasteiger partial charge in [-0.25, -0.2) is 4.98 Å². The van der Waals surface area contributed by atoms with Crippen molar-refractivity contribution < 1.29 is 4.42 Å². The van der Waals surface area contributed by atoms with E-state index in [1.54, 1.807) is 24.5 Å². The Kier molecular flexibility index (Phi) is 2.29. The molecule has 1 aromatic carbocycles. The molecule has 2 heterocycles. The Labute approximate surface area is 105 Å². The summed E-state index contributed by atoms with van der Waals surface area (Å²) in [7, 11) is 0. The lowest BCUT2D eigenvalue weighted by atomic mass is 10.3. The molecule has 0 fully saturated rings. The molecule has 6 heteroatoms. The molecule has 0 saturated heterocycles. The minimum atomic E-state index is 0.486. The number of fused-ring (bicyclic) bond motifs is 1. The standard InChI is InChI=1S/C11H7BrN4O/c12-7-3-8(13)10-9(4-7)16-11(17-10)6-1-2-14-15-5-6/h1-5H,13H2. The van der Waals surface area contributed by atoms with E-state index in [2.05, 4.69) is 31.1 Å². The summed E-state index contributed by atoms with van der Waals surface area (Å²) in [4.78, 5) is 4.36. The Bertz CT molecular complexity index is 681. The summed E-state index contributed by atoms with van der Waals surface area (Å²) in [5, 5.41) is 7.49. The number of hydrogen-bond donors (Lipinski definition) is 1. The van der Waals surface area contributed by atoms with E-state index in [1.165, 1.54) is 0 Å². The zero-order chi connectivity index (χ0) is 11.8. The van der Waals surface area contributed by atoms with Gasteiger partial charge in [-0.1, -0.05) is 15.9 Å². The Morgan fingerprint density at radius 1 is 1.24 bits per heavy atom. The quantitative estimate of drug-likeness (QED) is 0.697. The number of rotatable bonds is 1. The van der Waals surface area contributed by atoms with Crippen molar-refractivity contribution in [2.24, 2.45) is 0 Å². The number of benzene rings is 1. The van der Waals surface area contributed by atoms with E-state index in [-0.39, 0.29) is 0 Å². The first-order valence-corrected chi connectivity index (χ1v) is 5.66. The number of aromatic nitrogens is 3. The third-order valence-corrected chi connectivity index (χ3v) is 2.77. The SMILES string of the molecule is Nc1cc(Br)cc2nc(-c3ccnnc3)oc12. The van der Waals surface area contributed by atoms with Gasteiger partial charge in [0.05, 0.1) is 23.6 Å². The van der Waals surface area contributed by atoms with Crippen molar-refractivity contribution in [1.82, 2.24) is 15.2 Å². The number of oxazole rings is 1. The first-order chi connectivity index (χ1) is 8.24. The predicted octanol–water partition coefficient (Wildman–Crippen LogP) is 2.63. The Morgan fingerprint density at radius 2 is 2.12 bits per heavy atom. The Morgan fingerprint density at radius 3 is 2.88 bits per heavy atom. The van der Waals surface area contributed by atoms with E-state index >= 15 is 0 Å². The molecule has 0 aliphatic heterocycles. The van der Waals surface area contributed by atoms with E-state index in [0.29, 0.717) is 22.7 Å². The molecule has 0 spiro atoms. The fraction of sp³-hybridized carbons (Fsp3) is 0. The zero-order valence-electron chi connectivity index (χ0n) is 8.59. The average Bonchev–Trinajstić information content (AvgIpc) is 2.74. The molecule has 0 unspecified atom stereocenters. The second-order valence-corrected chi connectivity index (χ2v) is 4.41. The van der Waals surface area contributed by atoms with Gasteiger partial charge in [0.25, 0.3) is 0 Å². The molecule has 3 rings (SSSR count). The Hall–Kier alpha value is -1.95. The molecule has 0 radical (unpaired) electrons. The van der Waals surface area contributed by atoms with Crippen LogP contribution >= 0.6 is 15.9 Å². The lowest BCUT2D eigenvalue weighted by Crippen LogP contribution is -1.84. The summed E-state index contributed by atoms with van der Waals surface area (Å²) in [5.74, 6) is 0.486. The highest BCUT2D eigenvalue weighted by atomic mass is 79.9. The van der Waals surface area contributed by atoms with Crippen LogP contribution in [-0.4, -0.2) is 15.2 Å². The van der Waals surface area contributed by atoms with Gasteiger partial charge in [-0.05, 0) is 18.2 Å². The molecule has 3 aromatic rings. The Balaban J connectivity index is 2.24. The molecule has 17 heavy (non-hydrogen) atoms. The number of hydrogen-bond acceptors (Lipinski definition) is 5. The smallest absolute Gasteiger partial charge is 0.229 e. The second kappa shape index (κ2) is 3.81. The molecule has 0 atom stereocenters. The van der Waals surface area contributed by atoms with Crippen LogP contribution in [0.2, 0.25) is 0 Å². The maximum absolute atomic E-state index is 5.86. The summed E-state index contributed by atoms with van der Waals surface area (Å²) in [5.41, 5.74) is 8.47. The summed E-state index contributed by atoms with van der Waals surface area (Å²) < 4.78 is 6.49. The topological polar surface area (TPSA) is 77.8 Å². The summed E-state index contributed by atoms with van der Waals surface area (Å²) in [6, 6.07) is 5.42. The van der Waals surface area contributed by atoms with Gasteiger partial charge in [-0.3, -0.25) is 0 Å². The largest absolute Gasteiger partial charge is 0.434 e. The van der Waals surface area contributed by atoms with Crippen LogP contribution in [0, 0.1) is 0 Å². The minimum absolute atomic E-state index is 0.486. The number of nitrogens with two attached hydrogens (primary N) is 1. The van der Waals surface area contributed by atoms with Gasteiger partial charge in [0.15, 0.2) is 5.58 Å². The number of halogens is 1. The molecule has 84 valence electrons. The van der Waals surface area contributed by atoms with Gasteiger partial charge < -0.3 is 10.2 Å². The van der Waals surface area contributed by atoms with Gasteiger partial charge in [0.1, 0.15) is 5.52 Å². The van der Waals surface area contributed by atoms with Crippen molar-refractivity contribution in [3.63, 3.8) is 0 Å². The van der Waals surface area contributed by atoms with E-state index in [4.69, 9.17) is 10.2 Å². The maximum Gasteiger partial charge on any atom is 0.229 e. The highest BCUT2D eigenvalue weighted by Crippen LogP contribution is 2.30. The normalized spacial score (nSPS) is 10.9. The second-order valence-electron chi connectivity index (χ2n) is 3.49. The zero-order valence-corrected chi connectivity index (χ0v) is 10.2. The van der Waals surface area contributed by atoms with Gasteiger partial charge in [-0.15, -0.1) is 0 Å². The first-order valence-electron chi connectivity index (χ1n) is 4.86. The van der Waals surface area contributed by atoms with Crippen LogP contribution in [0.1, 0.15) is 0 Å². The maximum atomic E-state index is 5.86. The highest BCUT2D eigenvalue weighted by Gasteiger charge is 2.11. The molecule has 0 aliphatic carbocycles. The highest BCUT2D eigenvalue weighted by molar-refractivity contribution is 9.10. The van der Waals surface area contributed by atoms with Crippen LogP contribution in [0.25, 0.3) is 22.6 Å². The number of nitrogen functional groups attached to an aromatic ring is 1. The summed E-state index contributed by atoms with van der Waals surface area (Å²) in [6.07, 6.45) is 3.18. The molecule has 2 aromatic heterocycles. The molecule has 0 aliphatic rings.